The molecule has 0 saturated carbocycles. The molecule has 1 aromatic heterocycles. The van der Waals surface area contributed by atoms with Crippen LogP contribution in [0.4, 0.5) is 0 Å². The first kappa shape index (κ1) is 19.3. The van der Waals surface area contributed by atoms with Crippen molar-refractivity contribution >= 4 is 16.9 Å². The number of para-hydroxylation sites is 2. The molecule has 0 radical (unpaired) electrons. The van der Waals surface area contributed by atoms with Crippen LogP contribution in [0.15, 0.2) is 42.5 Å². The second-order valence-corrected chi connectivity index (χ2v) is 7.75. The number of carbonyl (C=O) groups excluding carboxylic acids is 1. The van der Waals surface area contributed by atoms with E-state index in [1.165, 1.54) is 0 Å². The summed E-state index contributed by atoms with van der Waals surface area (Å²) in [6, 6.07) is 13.7. The fourth-order valence-corrected chi connectivity index (χ4v) is 3.61. The zero-order valence-electron chi connectivity index (χ0n) is 16.9. The van der Waals surface area contributed by atoms with Crippen molar-refractivity contribution in [2.24, 2.45) is 5.92 Å². The summed E-state index contributed by atoms with van der Waals surface area (Å²) in [4.78, 5) is 20.5. The lowest BCUT2D eigenvalue weighted by Crippen LogP contribution is -2.32. The van der Waals surface area contributed by atoms with E-state index in [-0.39, 0.29) is 17.9 Å². The van der Waals surface area contributed by atoms with Gasteiger partial charge in [-0.2, -0.15) is 0 Å². The Balaban J connectivity index is 1.42. The number of fused-ring (bicyclic) bond motifs is 2. The monoisotopic (exact) mass is 393 g/mol. The summed E-state index contributed by atoms with van der Waals surface area (Å²) in [5, 5.41) is 3.18. The Morgan fingerprint density at radius 3 is 2.72 bits per heavy atom. The van der Waals surface area contributed by atoms with Crippen molar-refractivity contribution < 1.29 is 14.3 Å². The van der Waals surface area contributed by atoms with Crippen molar-refractivity contribution in [2.45, 2.75) is 39.2 Å². The number of aromatic nitrogens is 2. The van der Waals surface area contributed by atoms with Crippen LogP contribution in [-0.2, 0) is 11.2 Å². The van der Waals surface area contributed by atoms with Gasteiger partial charge in [0.15, 0.2) is 11.5 Å². The number of H-pyrrole nitrogens is 1. The molecule has 6 nitrogen and oxygen atoms in total. The van der Waals surface area contributed by atoms with Crippen molar-refractivity contribution in [3.8, 4) is 11.5 Å². The molecule has 29 heavy (non-hydrogen) atoms. The Bertz CT molecular complexity index is 963. The Hall–Kier alpha value is -3.02. The van der Waals surface area contributed by atoms with E-state index in [0.29, 0.717) is 26.1 Å². The third-order valence-electron chi connectivity index (χ3n) is 5.14. The van der Waals surface area contributed by atoms with E-state index in [9.17, 15) is 4.79 Å². The predicted molar refractivity (Wildman–Crippen MR) is 112 cm³/mol. The molecule has 2 aromatic carbocycles. The van der Waals surface area contributed by atoms with Gasteiger partial charge in [-0.1, -0.05) is 32.0 Å². The third kappa shape index (κ3) is 4.53. The summed E-state index contributed by atoms with van der Waals surface area (Å²) < 4.78 is 11.5. The van der Waals surface area contributed by atoms with E-state index in [1.54, 1.807) is 0 Å². The number of ether oxygens (including phenoxy) is 2. The Morgan fingerprint density at radius 1 is 1.14 bits per heavy atom. The molecule has 0 bridgehead atoms. The van der Waals surface area contributed by atoms with Crippen LogP contribution >= 0.6 is 0 Å². The van der Waals surface area contributed by atoms with Crippen molar-refractivity contribution in [3.63, 3.8) is 0 Å². The number of hydrogen-bond donors (Lipinski definition) is 2. The van der Waals surface area contributed by atoms with E-state index >= 15 is 0 Å². The molecule has 0 spiro atoms. The Morgan fingerprint density at radius 2 is 1.93 bits per heavy atom. The number of imidazole rings is 1. The van der Waals surface area contributed by atoms with Crippen LogP contribution in [0.3, 0.4) is 0 Å². The Labute approximate surface area is 170 Å². The molecule has 152 valence electrons. The van der Waals surface area contributed by atoms with Gasteiger partial charge in [-0.05, 0) is 35.7 Å². The SMILES string of the molecule is CC(C)[C@H](NC(=O)CCc1nc2ccccc2[nH]1)c1ccc2c(c1)OCCCO2. The predicted octanol–water partition coefficient (Wildman–Crippen LogP) is 4.17. The second-order valence-electron chi connectivity index (χ2n) is 7.75. The van der Waals surface area contributed by atoms with E-state index in [1.807, 2.05) is 42.5 Å². The van der Waals surface area contributed by atoms with Gasteiger partial charge in [-0.25, -0.2) is 4.98 Å². The molecular formula is C23H27N3O3. The number of amides is 1. The average Bonchev–Trinajstić information content (AvgIpc) is 2.99. The summed E-state index contributed by atoms with van der Waals surface area (Å²) in [5.74, 6) is 2.61. The summed E-state index contributed by atoms with van der Waals surface area (Å²) in [6.07, 6.45) is 1.83. The molecule has 0 fully saturated rings. The smallest absolute Gasteiger partial charge is 0.220 e. The fourth-order valence-electron chi connectivity index (χ4n) is 3.61. The molecule has 0 saturated heterocycles. The summed E-state index contributed by atoms with van der Waals surface area (Å²) in [5.41, 5.74) is 2.95. The van der Waals surface area contributed by atoms with E-state index < -0.39 is 0 Å². The first-order valence-electron chi connectivity index (χ1n) is 10.2. The largest absolute Gasteiger partial charge is 0.490 e. The highest BCUT2D eigenvalue weighted by Crippen LogP contribution is 2.34. The molecule has 1 aliphatic heterocycles. The van der Waals surface area contributed by atoms with E-state index in [0.717, 1.165) is 40.3 Å². The fraction of sp³-hybridized carbons (Fsp3) is 0.391. The van der Waals surface area contributed by atoms with Gasteiger partial charge in [-0.3, -0.25) is 4.79 Å². The third-order valence-corrected chi connectivity index (χ3v) is 5.14. The minimum Gasteiger partial charge on any atom is -0.490 e. The maximum atomic E-state index is 12.7. The number of benzene rings is 2. The summed E-state index contributed by atoms with van der Waals surface area (Å²) in [6.45, 7) is 5.52. The van der Waals surface area contributed by atoms with Crippen molar-refractivity contribution in [1.82, 2.24) is 15.3 Å². The standard InChI is InChI=1S/C23H27N3O3/c1-15(2)23(16-8-9-19-20(14-16)29-13-5-12-28-19)26-22(27)11-10-21-24-17-6-3-4-7-18(17)25-21/h3-4,6-9,14-15,23H,5,10-13H2,1-2H3,(H,24,25)(H,26,27)/t23-/m0/s1. The lowest BCUT2D eigenvalue weighted by atomic mass is 9.95. The highest BCUT2D eigenvalue weighted by molar-refractivity contribution is 5.77. The lowest BCUT2D eigenvalue weighted by Gasteiger charge is -2.24. The molecule has 1 amide bonds. The number of nitrogens with zero attached hydrogens (tertiary/aromatic N) is 1. The zero-order chi connectivity index (χ0) is 20.2. The van der Waals surface area contributed by atoms with Crippen molar-refractivity contribution in [1.29, 1.82) is 0 Å². The highest BCUT2D eigenvalue weighted by atomic mass is 16.5. The molecule has 1 aliphatic rings. The Kier molecular flexibility index (Phi) is 5.69. The van der Waals surface area contributed by atoms with E-state index in [2.05, 4.69) is 29.1 Å². The van der Waals surface area contributed by atoms with Crippen LogP contribution in [-0.4, -0.2) is 29.1 Å². The second kappa shape index (κ2) is 8.55. The first-order valence-corrected chi connectivity index (χ1v) is 10.2. The van der Waals surface area contributed by atoms with Gasteiger partial charge in [0.25, 0.3) is 0 Å². The highest BCUT2D eigenvalue weighted by Gasteiger charge is 2.21. The molecule has 0 aliphatic carbocycles. The minimum atomic E-state index is -0.0877. The number of nitrogens with one attached hydrogen (secondary N) is 2. The van der Waals surface area contributed by atoms with Crippen LogP contribution < -0.4 is 14.8 Å². The number of aryl methyl sites for hydroxylation is 1. The molecule has 2 heterocycles. The summed E-state index contributed by atoms with van der Waals surface area (Å²) >= 11 is 0. The lowest BCUT2D eigenvalue weighted by molar-refractivity contribution is -0.122. The summed E-state index contributed by atoms with van der Waals surface area (Å²) in [7, 11) is 0. The molecule has 3 aromatic rings. The molecule has 0 unspecified atom stereocenters. The van der Waals surface area contributed by atoms with Gasteiger partial charge >= 0.3 is 0 Å². The van der Waals surface area contributed by atoms with Gasteiger partial charge in [0.1, 0.15) is 5.82 Å². The van der Waals surface area contributed by atoms with Gasteiger partial charge in [-0.15, -0.1) is 0 Å². The van der Waals surface area contributed by atoms with Crippen LogP contribution in [0.25, 0.3) is 11.0 Å². The number of rotatable bonds is 6. The van der Waals surface area contributed by atoms with Crippen LogP contribution in [0.5, 0.6) is 11.5 Å². The van der Waals surface area contributed by atoms with E-state index in [4.69, 9.17) is 9.47 Å². The van der Waals surface area contributed by atoms with Gasteiger partial charge in [0, 0.05) is 19.3 Å². The van der Waals surface area contributed by atoms with Crippen LogP contribution in [0.2, 0.25) is 0 Å². The van der Waals surface area contributed by atoms with Gasteiger partial charge < -0.3 is 19.8 Å². The molecule has 2 N–H and O–H groups in total. The first-order chi connectivity index (χ1) is 14.1. The van der Waals surface area contributed by atoms with Crippen LogP contribution in [0, 0.1) is 5.92 Å². The number of aromatic amines is 1. The number of carbonyl (C=O) groups is 1. The molecular weight excluding hydrogens is 366 g/mol. The topological polar surface area (TPSA) is 76.2 Å². The zero-order valence-corrected chi connectivity index (χ0v) is 16.9. The molecule has 1 atom stereocenters. The van der Waals surface area contributed by atoms with Crippen molar-refractivity contribution in [3.05, 3.63) is 53.9 Å². The maximum absolute atomic E-state index is 12.7. The van der Waals surface area contributed by atoms with Gasteiger partial charge in [0.05, 0.1) is 30.3 Å². The normalized spacial score (nSPS) is 14.6. The van der Waals surface area contributed by atoms with Gasteiger partial charge in [0.2, 0.25) is 5.91 Å². The average molecular weight is 393 g/mol. The molecule has 6 heteroatoms. The molecule has 4 rings (SSSR count). The quantitative estimate of drug-likeness (QED) is 0.659. The van der Waals surface area contributed by atoms with Crippen molar-refractivity contribution in [2.75, 3.05) is 13.2 Å². The van der Waals surface area contributed by atoms with Crippen LogP contribution in [0.1, 0.15) is 44.1 Å². The number of hydrogen-bond acceptors (Lipinski definition) is 4. The minimum absolute atomic E-state index is 0.0104. The maximum Gasteiger partial charge on any atom is 0.220 e.